The number of aryl methyl sites for hydroxylation is 1. The van der Waals surface area contributed by atoms with Gasteiger partial charge in [-0.15, -0.1) is 0 Å². The van der Waals surface area contributed by atoms with Crippen molar-refractivity contribution >= 4 is 28.3 Å². The number of hydrogen-bond acceptors (Lipinski definition) is 3. The fourth-order valence-corrected chi connectivity index (χ4v) is 3.02. The zero-order chi connectivity index (χ0) is 14.1. The van der Waals surface area contributed by atoms with Crippen molar-refractivity contribution < 1.29 is 9.90 Å². The van der Waals surface area contributed by atoms with Gasteiger partial charge in [0.15, 0.2) is 0 Å². The molecule has 0 atom stereocenters. The Morgan fingerprint density at radius 3 is 2.90 bits per heavy atom. The number of aromatic nitrogens is 2. The van der Waals surface area contributed by atoms with Gasteiger partial charge in [0.2, 0.25) is 0 Å². The van der Waals surface area contributed by atoms with E-state index in [1.807, 2.05) is 27.5 Å². The highest BCUT2D eigenvalue weighted by Gasteiger charge is 2.18. The second-order valence-electron chi connectivity index (χ2n) is 4.57. The molecule has 5 heteroatoms. The Morgan fingerprint density at radius 2 is 2.25 bits per heavy atom. The summed E-state index contributed by atoms with van der Waals surface area (Å²) in [6, 6.07) is 7.23. The summed E-state index contributed by atoms with van der Waals surface area (Å²) < 4.78 is 1.97. The van der Waals surface area contributed by atoms with Gasteiger partial charge in [-0.3, -0.25) is 4.57 Å². The van der Waals surface area contributed by atoms with Crippen LogP contribution < -0.4 is 0 Å². The van der Waals surface area contributed by atoms with Crippen LogP contribution in [0.15, 0.2) is 35.0 Å². The van der Waals surface area contributed by atoms with Crippen molar-refractivity contribution in [1.29, 1.82) is 0 Å². The van der Waals surface area contributed by atoms with E-state index in [1.54, 1.807) is 23.5 Å². The number of nitrogens with zero attached hydrogens (tertiary/aromatic N) is 2. The van der Waals surface area contributed by atoms with Gasteiger partial charge in [0, 0.05) is 11.8 Å². The lowest BCUT2D eigenvalue weighted by atomic mass is 10.2. The fraction of sp³-hybridized carbons (Fsp3) is 0.200. The van der Waals surface area contributed by atoms with Crippen LogP contribution in [0.2, 0.25) is 0 Å². The smallest absolute Gasteiger partial charge is 0.337 e. The molecule has 1 aromatic carbocycles. The fourth-order valence-electron chi connectivity index (χ4n) is 2.40. The number of imidazole rings is 1. The molecular formula is C15H14N2O2S. The minimum Gasteiger partial charge on any atom is -0.478 e. The van der Waals surface area contributed by atoms with Crippen LogP contribution in [-0.2, 0) is 6.42 Å². The minimum atomic E-state index is -0.921. The first-order chi connectivity index (χ1) is 9.72. The average molecular weight is 286 g/mol. The molecule has 0 spiro atoms. The molecule has 1 N–H and O–H groups in total. The van der Waals surface area contributed by atoms with Crippen molar-refractivity contribution in [3.63, 3.8) is 0 Å². The van der Waals surface area contributed by atoms with Crippen molar-refractivity contribution in [1.82, 2.24) is 9.55 Å². The van der Waals surface area contributed by atoms with Crippen molar-refractivity contribution in [2.45, 2.75) is 19.8 Å². The van der Waals surface area contributed by atoms with Crippen molar-refractivity contribution in [2.75, 3.05) is 0 Å². The lowest BCUT2D eigenvalue weighted by Crippen LogP contribution is -2.04. The molecule has 2 heterocycles. The molecule has 2 aromatic heterocycles. The van der Waals surface area contributed by atoms with Crippen LogP contribution in [0.1, 0.15) is 29.5 Å². The first-order valence-corrected chi connectivity index (χ1v) is 7.43. The van der Waals surface area contributed by atoms with Gasteiger partial charge in [-0.1, -0.05) is 13.0 Å². The zero-order valence-electron chi connectivity index (χ0n) is 11.0. The maximum Gasteiger partial charge on any atom is 0.337 e. The number of rotatable bonds is 4. The number of carboxylic acid groups (broad SMARTS) is 1. The molecule has 3 rings (SSSR count). The predicted octanol–water partition coefficient (Wildman–Crippen LogP) is 3.74. The summed E-state index contributed by atoms with van der Waals surface area (Å²) in [7, 11) is 0. The SMILES string of the molecule is CCCc1nc2cccc(C(=O)O)c2n1-c1ccsc1. The van der Waals surface area contributed by atoms with Crippen molar-refractivity contribution in [3.8, 4) is 5.69 Å². The number of benzene rings is 1. The van der Waals surface area contributed by atoms with Gasteiger partial charge in [-0.25, -0.2) is 9.78 Å². The van der Waals surface area contributed by atoms with E-state index in [1.165, 1.54) is 0 Å². The van der Waals surface area contributed by atoms with E-state index in [2.05, 4.69) is 11.9 Å². The number of carboxylic acids is 1. The molecule has 0 aliphatic carbocycles. The molecule has 3 aromatic rings. The molecule has 4 nitrogen and oxygen atoms in total. The molecule has 0 aliphatic heterocycles. The van der Waals surface area contributed by atoms with Crippen LogP contribution in [0.4, 0.5) is 0 Å². The summed E-state index contributed by atoms with van der Waals surface area (Å²) in [6.07, 6.45) is 1.79. The highest BCUT2D eigenvalue weighted by Crippen LogP contribution is 2.26. The van der Waals surface area contributed by atoms with Crippen molar-refractivity contribution in [3.05, 3.63) is 46.4 Å². The van der Waals surface area contributed by atoms with Gasteiger partial charge < -0.3 is 5.11 Å². The molecule has 20 heavy (non-hydrogen) atoms. The lowest BCUT2D eigenvalue weighted by Gasteiger charge is -2.07. The molecule has 0 saturated carbocycles. The second-order valence-corrected chi connectivity index (χ2v) is 5.35. The van der Waals surface area contributed by atoms with E-state index in [4.69, 9.17) is 0 Å². The Kier molecular flexibility index (Phi) is 3.28. The Balaban J connectivity index is 2.38. The summed E-state index contributed by atoms with van der Waals surface area (Å²) in [5.41, 5.74) is 2.69. The Morgan fingerprint density at radius 1 is 1.40 bits per heavy atom. The van der Waals surface area contributed by atoms with E-state index in [9.17, 15) is 9.90 Å². The normalized spacial score (nSPS) is 11.1. The predicted molar refractivity (Wildman–Crippen MR) is 79.9 cm³/mol. The van der Waals surface area contributed by atoms with E-state index in [0.29, 0.717) is 11.1 Å². The van der Waals surface area contributed by atoms with Crippen LogP contribution in [0.5, 0.6) is 0 Å². The first-order valence-electron chi connectivity index (χ1n) is 6.48. The summed E-state index contributed by atoms with van der Waals surface area (Å²) in [5.74, 6) is -0.00960. The summed E-state index contributed by atoms with van der Waals surface area (Å²) in [6.45, 7) is 2.09. The topological polar surface area (TPSA) is 55.1 Å². The third-order valence-corrected chi connectivity index (χ3v) is 3.89. The number of para-hydroxylation sites is 1. The highest BCUT2D eigenvalue weighted by molar-refractivity contribution is 7.08. The highest BCUT2D eigenvalue weighted by atomic mass is 32.1. The van der Waals surface area contributed by atoms with Gasteiger partial charge >= 0.3 is 5.97 Å². The monoisotopic (exact) mass is 286 g/mol. The van der Waals surface area contributed by atoms with Gasteiger partial charge in [-0.05, 0) is 30.0 Å². The molecular weight excluding hydrogens is 272 g/mol. The van der Waals surface area contributed by atoms with E-state index in [-0.39, 0.29) is 0 Å². The van der Waals surface area contributed by atoms with Gasteiger partial charge in [0.05, 0.1) is 22.3 Å². The van der Waals surface area contributed by atoms with Gasteiger partial charge in [0.1, 0.15) is 5.82 Å². The third kappa shape index (κ3) is 2.00. The number of carbonyl (C=O) groups is 1. The van der Waals surface area contributed by atoms with E-state index < -0.39 is 5.97 Å². The van der Waals surface area contributed by atoms with Gasteiger partial charge in [0.25, 0.3) is 0 Å². The Bertz CT molecular complexity index is 760. The number of aromatic carboxylic acids is 1. The average Bonchev–Trinajstić information content (AvgIpc) is 3.04. The minimum absolute atomic E-state index is 0.295. The van der Waals surface area contributed by atoms with Crippen LogP contribution in [0.25, 0.3) is 16.7 Å². The number of hydrogen-bond donors (Lipinski definition) is 1. The van der Waals surface area contributed by atoms with Crippen LogP contribution in [-0.4, -0.2) is 20.6 Å². The van der Waals surface area contributed by atoms with E-state index >= 15 is 0 Å². The molecule has 0 radical (unpaired) electrons. The molecule has 0 aliphatic rings. The standard InChI is InChI=1S/C15H14N2O2S/c1-2-4-13-16-12-6-3-5-11(15(18)19)14(12)17(13)10-7-8-20-9-10/h3,5-9H,2,4H2,1H3,(H,18,19). The van der Waals surface area contributed by atoms with Gasteiger partial charge in [-0.2, -0.15) is 11.3 Å². The summed E-state index contributed by atoms with van der Waals surface area (Å²) >= 11 is 1.59. The number of thiophene rings is 1. The molecule has 0 fully saturated rings. The van der Waals surface area contributed by atoms with E-state index in [0.717, 1.165) is 29.9 Å². The van der Waals surface area contributed by atoms with Crippen LogP contribution >= 0.6 is 11.3 Å². The molecule has 0 amide bonds. The summed E-state index contributed by atoms with van der Waals surface area (Å²) in [5, 5.41) is 13.4. The van der Waals surface area contributed by atoms with Crippen LogP contribution in [0, 0.1) is 0 Å². The molecule has 0 unspecified atom stereocenters. The molecule has 0 bridgehead atoms. The van der Waals surface area contributed by atoms with Crippen molar-refractivity contribution in [2.24, 2.45) is 0 Å². The maximum absolute atomic E-state index is 11.5. The third-order valence-electron chi connectivity index (χ3n) is 3.21. The lowest BCUT2D eigenvalue weighted by molar-refractivity contribution is 0.0698. The zero-order valence-corrected chi connectivity index (χ0v) is 11.9. The largest absolute Gasteiger partial charge is 0.478 e. The second kappa shape index (κ2) is 5.09. The number of fused-ring (bicyclic) bond motifs is 1. The Hall–Kier alpha value is -2.14. The van der Waals surface area contributed by atoms with Crippen LogP contribution in [0.3, 0.4) is 0 Å². The Labute approximate surface area is 120 Å². The summed E-state index contributed by atoms with van der Waals surface area (Å²) in [4.78, 5) is 16.1. The first kappa shape index (κ1) is 12.9. The molecule has 102 valence electrons. The maximum atomic E-state index is 11.5. The quantitative estimate of drug-likeness (QED) is 0.795. The molecule has 0 saturated heterocycles.